The zero-order valence-corrected chi connectivity index (χ0v) is 15.4. The molecule has 0 saturated heterocycles. The monoisotopic (exact) mass is 368 g/mol. The summed E-state index contributed by atoms with van der Waals surface area (Å²) < 4.78 is 21.2. The molecule has 0 bridgehead atoms. The van der Waals surface area contributed by atoms with Crippen molar-refractivity contribution in [2.45, 2.75) is 20.0 Å². The van der Waals surface area contributed by atoms with E-state index in [1.807, 2.05) is 25.1 Å². The Morgan fingerprint density at radius 2 is 1.85 bits per heavy atom. The fourth-order valence-electron chi connectivity index (χ4n) is 2.80. The van der Waals surface area contributed by atoms with Gasteiger partial charge in [-0.25, -0.2) is 9.59 Å². The molecule has 0 spiro atoms. The maximum Gasteiger partial charge on any atom is 0.337 e. The predicted octanol–water partition coefficient (Wildman–Crippen LogP) is 3.73. The fourth-order valence-corrected chi connectivity index (χ4v) is 2.80. The number of hydrogen-bond donors (Lipinski definition) is 0. The van der Waals surface area contributed by atoms with Crippen LogP contribution in [0.25, 0.3) is 11.0 Å². The van der Waals surface area contributed by atoms with E-state index in [-0.39, 0.29) is 6.61 Å². The lowest BCUT2D eigenvalue weighted by Crippen LogP contribution is -2.06. The van der Waals surface area contributed by atoms with Crippen LogP contribution in [0.4, 0.5) is 0 Å². The van der Waals surface area contributed by atoms with Crippen molar-refractivity contribution < 1.29 is 23.4 Å². The van der Waals surface area contributed by atoms with E-state index in [0.29, 0.717) is 28.2 Å². The molecular formula is C21H20O6. The van der Waals surface area contributed by atoms with E-state index in [2.05, 4.69) is 0 Å². The van der Waals surface area contributed by atoms with Gasteiger partial charge in [-0.3, -0.25) is 0 Å². The third kappa shape index (κ3) is 3.95. The molecule has 2 aromatic carbocycles. The molecule has 0 fully saturated rings. The van der Waals surface area contributed by atoms with Crippen LogP contribution in [0.3, 0.4) is 0 Å². The number of benzene rings is 2. The minimum atomic E-state index is -0.460. The SMILES string of the molecule is CCc1ccc2c(COc3ccc(C(=O)OC)cc3OC)cc(=O)oc2c1. The van der Waals surface area contributed by atoms with Gasteiger partial charge in [0.05, 0.1) is 19.8 Å². The summed E-state index contributed by atoms with van der Waals surface area (Å²) in [6, 6.07) is 12.0. The normalized spacial score (nSPS) is 10.6. The molecule has 3 rings (SSSR count). The van der Waals surface area contributed by atoms with Crippen molar-refractivity contribution in [2.75, 3.05) is 14.2 Å². The van der Waals surface area contributed by atoms with Gasteiger partial charge in [-0.2, -0.15) is 0 Å². The van der Waals surface area contributed by atoms with Gasteiger partial charge in [0.1, 0.15) is 12.2 Å². The zero-order valence-electron chi connectivity index (χ0n) is 15.4. The third-order valence-corrected chi connectivity index (χ3v) is 4.27. The Labute approximate surface area is 156 Å². The Morgan fingerprint density at radius 1 is 1.04 bits per heavy atom. The van der Waals surface area contributed by atoms with Gasteiger partial charge >= 0.3 is 11.6 Å². The highest BCUT2D eigenvalue weighted by atomic mass is 16.5. The van der Waals surface area contributed by atoms with E-state index in [0.717, 1.165) is 17.4 Å². The minimum Gasteiger partial charge on any atom is -0.493 e. The first-order valence-corrected chi connectivity index (χ1v) is 8.50. The molecule has 140 valence electrons. The van der Waals surface area contributed by atoms with Crippen LogP contribution in [0.2, 0.25) is 0 Å². The number of hydrogen-bond acceptors (Lipinski definition) is 6. The van der Waals surface area contributed by atoms with Crippen LogP contribution in [-0.4, -0.2) is 20.2 Å². The first kappa shape index (κ1) is 18.5. The number of ether oxygens (including phenoxy) is 3. The molecule has 0 saturated carbocycles. The highest BCUT2D eigenvalue weighted by Gasteiger charge is 2.13. The van der Waals surface area contributed by atoms with E-state index in [1.54, 1.807) is 18.2 Å². The summed E-state index contributed by atoms with van der Waals surface area (Å²) in [6.07, 6.45) is 0.851. The largest absolute Gasteiger partial charge is 0.493 e. The molecule has 0 radical (unpaired) electrons. The molecule has 0 atom stereocenters. The molecule has 3 aromatic rings. The number of carbonyl (C=O) groups excluding carboxylic acids is 1. The second kappa shape index (κ2) is 7.95. The number of methoxy groups -OCH3 is 2. The number of fused-ring (bicyclic) bond motifs is 1. The second-order valence-electron chi connectivity index (χ2n) is 5.92. The van der Waals surface area contributed by atoms with Crippen molar-refractivity contribution >= 4 is 16.9 Å². The maximum absolute atomic E-state index is 11.9. The van der Waals surface area contributed by atoms with Crippen LogP contribution < -0.4 is 15.1 Å². The third-order valence-electron chi connectivity index (χ3n) is 4.27. The van der Waals surface area contributed by atoms with E-state index in [9.17, 15) is 9.59 Å². The molecule has 0 aliphatic carbocycles. The average molecular weight is 368 g/mol. The topological polar surface area (TPSA) is 75.0 Å². The van der Waals surface area contributed by atoms with Crippen LogP contribution in [0.15, 0.2) is 51.7 Å². The summed E-state index contributed by atoms with van der Waals surface area (Å²) >= 11 is 0. The van der Waals surface area contributed by atoms with Gasteiger partial charge in [0.25, 0.3) is 0 Å². The summed E-state index contributed by atoms with van der Waals surface area (Å²) in [5, 5.41) is 0.817. The van der Waals surface area contributed by atoms with Crippen molar-refractivity contribution in [3.8, 4) is 11.5 Å². The highest BCUT2D eigenvalue weighted by Crippen LogP contribution is 2.30. The lowest BCUT2D eigenvalue weighted by Gasteiger charge is -2.13. The molecule has 6 heteroatoms. The van der Waals surface area contributed by atoms with Gasteiger partial charge in [-0.15, -0.1) is 0 Å². The van der Waals surface area contributed by atoms with Crippen molar-refractivity contribution in [3.63, 3.8) is 0 Å². The molecule has 0 amide bonds. The molecular weight excluding hydrogens is 348 g/mol. The smallest absolute Gasteiger partial charge is 0.337 e. The van der Waals surface area contributed by atoms with Gasteiger partial charge < -0.3 is 18.6 Å². The Bertz CT molecular complexity index is 1030. The van der Waals surface area contributed by atoms with Gasteiger partial charge in [-0.05, 0) is 36.2 Å². The van der Waals surface area contributed by atoms with Gasteiger partial charge in [-0.1, -0.05) is 19.1 Å². The van der Waals surface area contributed by atoms with Crippen LogP contribution in [0.1, 0.15) is 28.4 Å². The molecule has 0 N–H and O–H groups in total. The standard InChI is InChI=1S/C21H20O6/c1-4-13-5-7-16-15(11-20(22)27-18(16)9-13)12-26-17-8-6-14(21(23)25-3)10-19(17)24-2/h5-11H,4,12H2,1-3H3. The summed E-state index contributed by atoms with van der Waals surface area (Å²) in [5.41, 5.74) is 2.27. The summed E-state index contributed by atoms with van der Waals surface area (Å²) in [5.74, 6) is 0.397. The van der Waals surface area contributed by atoms with E-state index in [1.165, 1.54) is 20.3 Å². The molecule has 1 heterocycles. The van der Waals surface area contributed by atoms with Crippen LogP contribution in [0, 0.1) is 0 Å². The first-order valence-electron chi connectivity index (χ1n) is 8.50. The molecule has 0 aliphatic rings. The van der Waals surface area contributed by atoms with Crippen LogP contribution in [0.5, 0.6) is 11.5 Å². The zero-order chi connectivity index (χ0) is 19.4. The first-order chi connectivity index (χ1) is 13.0. The molecule has 0 unspecified atom stereocenters. The minimum absolute atomic E-state index is 0.154. The lowest BCUT2D eigenvalue weighted by atomic mass is 10.1. The maximum atomic E-state index is 11.9. The van der Waals surface area contributed by atoms with Crippen molar-refractivity contribution in [1.29, 1.82) is 0 Å². The fraction of sp³-hybridized carbons (Fsp3) is 0.238. The second-order valence-corrected chi connectivity index (χ2v) is 5.92. The Morgan fingerprint density at radius 3 is 2.56 bits per heavy atom. The van der Waals surface area contributed by atoms with Crippen molar-refractivity contribution in [1.82, 2.24) is 0 Å². The summed E-state index contributed by atoms with van der Waals surface area (Å²) in [6.45, 7) is 2.19. The Kier molecular flexibility index (Phi) is 5.45. The average Bonchev–Trinajstić information content (AvgIpc) is 2.70. The Hall–Kier alpha value is -3.28. The van der Waals surface area contributed by atoms with Gasteiger partial charge in [0.15, 0.2) is 11.5 Å². The lowest BCUT2D eigenvalue weighted by molar-refractivity contribution is 0.0600. The summed E-state index contributed by atoms with van der Waals surface area (Å²) in [4.78, 5) is 23.5. The van der Waals surface area contributed by atoms with Gasteiger partial charge in [0, 0.05) is 17.0 Å². The number of aryl methyl sites for hydroxylation is 1. The molecule has 6 nitrogen and oxygen atoms in total. The molecule has 1 aromatic heterocycles. The van der Waals surface area contributed by atoms with E-state index < -0.39 is 11.6 Å². The molecule has 27 heavy (non-hydrogen) atoms. The number of rotatable bonds is 6. The van der Waals surface area contributed by atoms with Gasteiger partial charge in [0.2, 0.25) is 0 Å². The van der Waals surface area contributed by atoms with Crippen molar-refractivity contribution in [3.05, 3.63) is 69.6 Å². The Balaban J connectivity index is 1.90. The molecule has 0 aliphatic heterocycles. The highest BCUT2D eigenvalue weighted by molar-refractivity contribution is 5.90. The summed E-state index contributed by atoms with van der Waals surface area (Å²) in [7, 11) is 2.80. The quantitative estimate of drug-likeness (QED) is 0.487. The van der Waals surface area contributed by atoms with Crippen molar-refractivity contribution in [2.24, 2.45) is 0 Å². The van der Waals surface area contributed by atoms with E-state index >= 15 is 0 Å². The van der Waals surface area contributed by atoms with Crippen LogP contribution >= 0.6 is 0 Å². The van der Waals surface area contributed by atoms with E-state index in [4.69, 9.17) is 18.6 Å². The number of esters is 1. The number of carbonyl (C=O) groups is 1. The predicted molar refractivity (Wildman–Crippen MR) is 101 cm³/mol. The van der Waals surface area contributed by atoms with Crippen LogP contribution in [-0.2, 0) is 17.8 Å².